The van der Waals surface area contributed by atoms with Crippen LogP contribution in [0, 0.1) is 0 Å². The summed E-state index contributed by atoms with van der Waals surface area (Å²) in [6.07, 6.45) is -0.102. The number of para-hydroxylation sites is 1. The lowest BCUT2D eigenvalue weighted by atomic mass is 10.0. The molecule has 1 unspecified atom stereocenters. The molecule has 82 valence electrons. The minimum atomic E-state index is -0.613. The summed E-state index contributed by atoms with van der Waals surface area (Å²) in [6, 6.07) is 5.38. The molecular formula is C12H17NO2. The number of anilines is 1. The van der Waals surface area contributed by atoms with Crippen molar-refractivity contribution in [2.75, 3.05) is 12.8 Å². The zero-order chi connectivity index (χ0) is 11.4. The predicted octanol–water partition coefficient (Wildman–Crippen LogP) is 2.28. The first-order valence-corrected chi connectivity index (χ1v) is 4.81. The van der Waals surface area contributed by atoms with Crippen molar-refractivity contribution in [3.63, 3.8) is 0 Å². The molecule has 0 spiro atoms. The van der Waals surface area contributed by atoms with Gasteiger partial charge in [0.25, 0.3) is 0 Å². The maximum atomic E-state index is 9.90. The maximum absolute atomic E-state index is 9.90. The predicted molar refractivity (Wildman–Crippen MR) is 61.8 cm³/mol. The third kappa shape index (κ3) is 2.73. The highest BCUT2D eigenvalue weighted by Gasteiger charge is 2.13. The Bertz CT molecular complexity index is 361. The molecule has 0 aliphatic carbocycles. The first-order chi connectivity index (χ1) is 7.06. The highest BCUT2D eigenvalue weighted by atomic mass is 16.5. The molecule has 3 N–H and O–H groups in total. The molecule has 0 saturated heterocycles. The molecule has 15 heavy (non-hydrogen) atoms. The number of hydrogen-bond donors (Lipinski definition) is 2. The van der Waals surface area contributed by atoms with E-state index in [0.29, 0.717) is 23.4 Å². The van der Waals surface area contributed by atoms with E-state index >= 15 is 0 Å². The van der Waals surface area contributed by atoms with Crippen LogP contribution >= 0.6 is 0 Å². The second kappa shape index (κ2) is 4.84. The number of nitrogen functional groups attached to an aromatic ring is 1. The van der Waals surface area contributed by atoms with E-state index in [9.17, 15) is 5.11 Å². The molecule has 0 radical (unpaired) electrons. The Kier molecular flexibility index (Phi) is 3.74. The van der Waals surface area contributed by atoms with Crippen LogP contribution in [0.4, 0.5) is 5.69 Å². The van der Waals surface area contributed by atoms with Gasteiger partial charge in [-0.2, -0.15) is 0 Å². The molecule has 3 nitrogen and oxygen atoms in total. The van der Waals surface area contributed by atoms with E-state index in [1.54, 1.807) is 19.2 Å². The molecule has 0 amide bonds. The van der Waals surface area contributed by atoms with Gasteiger partial charge in [-0.1, -0.05) is 17.7 Å². The van der Waals surface area contributed by atoms with E-state index in [1.807, 2.05) is 13.0 Å². The molecule has 1 aromatic rings. The largest absolute Gasteiger partial charge is 0.495 e. The fourth-order valence-electron chi connectivity index (χ4n) is 1.47. The fraction of sp³-hybridized carbons (Fsp3) is 0.333. The van der Waals surface area contributed by atoms with Crippen LogP contribution in [-0.4, -0.2) is 12.2 Å². The number of ether oxygens (including phenoxy) is 1. The van der Waals surface area contributed by atoms with Crippen molar-refractivity contribution in [3.05, 3.63) is 35.9 Å². The fourth-order valence-corrected chi connectivity index (χ4v) is 1.47. The van der Waals surface area contributed by atoms with Gasteiger partial charge in [0, 0.05) is 5.56 Å². The zero-order valence-corrected chi connectivity index (χ0v) is 9.16. The Morgan fingerprint density at radius 3 is 2.80 bits per heavy atom. The summed E-state index contributed by atoms with van der Waals surface area (Å²) in [5, 5.41) is 9.90. The van der Waals surface area contributed by atoms with Crippen LogP contribution in [0.25, 0.3) is 0 Å². The monoisotopic (exact) mass is 207 g/mol. The Morgan fingerprint density at radius 1 is 1.60 bits per heavy atom. The van der Waals surface area contributed by atoms with Crippen LogP contribution in [-0.2, 0) is 0 Å². The van der Waals surface area contributed by atoms with E-state index in [0.717, 1.165) is 5.57 Å². The smallest absolute Gasteiger partial charge is 0.142 e. The zero-order valence-electron chi connectivity index (χ0n) is 9.16. The molecule has 1 aromatic carbocycles. The summed E-state index contributed by atoms with van der Waals surface area (Å²) in [5.41, 5.74) is 7.96. The molecule has 0 heterocycles. The molecule has 0 aliphatic heterocycles. The SMILES string of the molecule is C=C(C)CC(O)c1cccc(OC)c1N. The molecular weight excluding hydrogens is 190 g/mol. The Balaban J connectivity index is 2.98. The van der Waals surface area contributed by atoms with Gasteiger partial charge in [-0.25, -0.2) is 0 Å². The highest BCUT2D eigenvalue weighted by Crippen LogP contribution is 2.31. The lowest BCUT2D eigenvalue weighted by molar-refractivity contribution is 0.179. The molecule has 0 fully saturated rings. The molecule has 1 rings (SSSR count). The first-order valence-electron chi connectivity index (χ1n) is 4.81. The molecule has 0 bridgehead atoms. The molecule has 1 atom stereocenters. The van der Waals surface area contributed by atoms with Crippen molar-refractivity contribution >= 4 is 5.69 Å². The molecule has 0 saturated carbocycles. The van der Waals surface area contributed by atoms with Gasteiger partial charge in [0.05, 0.1) is 18.9 Å². The number of methoxy groups -OCH3 is 1. The molecule has 0 aromatic heterocycles. The topological polar surface area (TPSA) is 55.5 Å². The lowest BCUT2D eigenvalue weighted by Gasteiger charge is -2.15. The van der Waals surface area contributed by atoms with Gasteiger partial charge in [0.2, 0.25) is 0 Å². The average molecular weight is 207 g/mol. The van der Waals surface area contributed by atoms with Gasteiger partial charge >= 0.3 is 0 Å². The van der Waals surface area contributed by atoms with E-state index in [-0.39, 0.29) is 0 Å². The summed E-state index contributed by atoms with van der Waals surface area (Å²) >= 11 is 0. The first kappa shape index (κ1) is 11.6. The van der Waals surface area contributed by atoms with Crippen molar-refractivity contribution in [2.45, 2.75) is 19.4 Å². The van der Waals surface area contributed by atoms with Crippen molar-refractivity contribution < 1.29 is 9.84 Å². The lowest BCUT2D eigenvalue weighted by Crippen LogP contribution is -2.04. The standard InChI is InChI=1S/C12H17NO2/c1-8(2)7-10(14)9-5-4-6-11(15-3)12(9)13/h4-6,10,14H,1,7,13H2,2-3H3. The highest BCUT2D eigenvalue weighted by molar-refractivity contribution is 5.59. The van der Waals surface area contributed by atoms with E-state index in [2.05, 4.69) is 6.58 Å². The minimum Gasteiger partial charge on any atom is -0.495 e. The third-order valence-corrected chi connectivity index (χ3v) is 2.22. The van der Waals surface area contributed by atoms with Gasteiger partial charge < -0.3 is 15.6 Å². The molecule has 0 aliphatic rings. The summed E-state index contributed by atoms with van der Waals surface area (Å²) in [6.45, 7) is 5.64. The van der Waals surface area contributed by atoms with Gasteiger partial charge in [0.1, 0.15) is 5.75 Å². The maximum Gasteiger partial charge on any atom is 0.142 e. The van der Waals surface area contributed by atoms with E-state index in [4.69, 9.17) is 10.5 Å². The number of rotatable bonds is 4. The van der Waals surface area contributed by atoms with Crippen LogP contribution in [0.5, 0.6) is 5.75 Å². The van der Waals surface area contributed by atoms with E-state index in [1.165, 1.54) is 0 Å². The van der Waals surface area contributed by atoms with Crippen LogP contribution < -0.4 is 10.5 Å². The van der Waals surface area contributed by atoms with Crippen LogP contribution in [0.1, 0.15) is 25.0 Å². The summed E-state index contributed by atoms with van der Waals surface area (Å²) < 4.78 is 5.08. The van der Waals surface area contributed by atoms with Crippen molar-refractivity contribution in [2.24, 2.45) is 0 Å². The second-order valence-corrected chi connectivity index (χ2v) is 3.64. The number of aliphatic hydroxyl groups is 1. The second-order valence-electron chi connectivity index (χ2n) is 3.64. The van der Waals surface area contributed by atoms with Crippen LogP contribution in [0.2, 0.25) is 0 Å². The number of aliphatic hydroxyl groups excluding tert-OH is 1. The van der Waals surface area contributed by atoms with Gasteiger partial charge in [-0.15, -0.1) is 6.58 Å². The van der Waals surface area contributed by atoms with Crippen molar-refractivity contribution in [1.29, 1.82) is 0 Å². The Morgan fingerprint density at radius 2 is 2.27 bits per heavy atom. The van der Waals surface area contributed by atoms with E-state index < -0.39 is 6.10 Å². The van der Waals surface area contributed by atoms with Crippen LogP contribution in [0.3, 0.4) is 0 Å². The van der Waals surface area contributed by atoms with Crippen molar-refractivity contribution in [3.8, 4) is 5.75 Å². The third-order valence-electron chi connectivity index (χ3n) is 2.22. The summed E-state index contributed by atoms with van der Waals surface area (Å²) in [4.78, 5) is 0. The van der Waals surface area contributed by atoms with Crippen molar-refractivity contribution in [1.82, 2.24) is 0 Å². The number of benzene rings is 1. The summed E-state index contributed by atoms with van der Waals surface area (Å²) in [5.74, 6) is 0.591. The van der Waals surface area contributed by atoms with Gasteiger partial charge in [-0.3, -0.25) is 0 Å². The Labute approximate surface area is 90.2 Å². The normalized spacial score (nSPS) is 12.2. The van der Waals surface area contributed by atoms with Gasteiger partial charge in [-0.05, 0) is 19.4 Å². The van der Waals surface area contributed by atoms with Gasteiger partial charge in [0.15, 0.2) is 0 Å². The number of nitrogens with two attached hydrogens (primary N) is 1. The summed E-state index contributed by atoms with van der Waals surface area (Å²) in [7, 11) is 1.56. The Hall–Kier alpha value is -1.48. The molecule has 3 heteroatoms. The minimum absolute atomic E-state index is 0.494. The average Bonchev–Trinajstić information content (AvgIpc) is 2.17. The quantitative estimate of drug-likeness (QED) is 0.588. The number of hydrogen-bond acceptors (Lipinski definition) is 3. The van der Waals surface area contributed by atoms with Crippen LogP contribution in [0.15, 0.2) is 30.4 Å².